The Hall–Kier alpha value is -3.01. The SMILES string of the molecule is [CH]N(CCCCCNC(=O)CCCCCCC(=O)CCCCC[CH]NC(=O)NC(C)CCC(=O)O)Cc1ccccn1. The predicted molar refractivity (Wildman–Crippen MR) is 164 cm³/mol. The lowest BCUT2D eigenvalue weighted by atomic mass is 10.0. The van der Waals surface area contributed by atoms with E-state index in [-0.39, 0.29) is 24.4 Å². The van der Waals surface area contributed by atoms with E-state index >= 15 is 0 Å². The number of carbonyl (C=O) groups is 4. The number of nitrogens with zero attached hydrogens (tertiary/aromatic N) is 2. The van der Waals surface area contributed by atoms with Gasteiger partial charge in [-0.25, -0.2) is 4.79 Å². The first-order valence-electron chi connectivity index (χ1n) is 15.5. The smallest absolute Gasteiger partial charge is 0.315 e. The Morgan fingerprint density at radius 3 is 2.31 bits per heavy atom. The fraction of sp³-hybridized carbons (Fsp3) is 0.656. The second-order valence-electron chi connectivity index (χ2n) is 10.9. The van der Waals surface area contributed by atoms with Crippen molar-refractivity contribution in [2.24, 2.45) is 0 Å². The molecule has 0 fully saturated rings. The zero-order chi connectivity index (χ0) is 30.8. The van der Waals surface area contributed by atoms with E-state index in [9.17, 15) is 19.2 Å². The van der Waals surface area contributed by atoms with Crippen molar-refractivity contribution in [2.45, 2.75) is 122 Å². The number of carboxylic acid groups (broad SMARTS) is 1. The van der Waals surface area contributed by atoms with E-state index in [1.807, 2.05) is 18.2 Å². The highest BCUT2D eigenvalue weighted by molar-refractivity contribution is 5.78. The molecule has 1 aromatic heterocycles. The fourth-order valence-corrected chi connectivity index (χ4v) is 4.39. The van der Waals surface area contributed by atoms with E-state index in [4.69, 9.17) is 12.2 Å². The zero-order valence-corrected chi connectivity index (χ0v) is 25.5. The van der Waals surface area contributed by atoms with Crippen LogP contribution in [-0.4, -0.2) is 57.8 Å². The number of hydrogen-bond donors (Lipinski definition) is 4. The van der Waals surface area contributed by atoms with Gasteiger partial charge in [0.25, 0.3) is 0 Å². The molecule has 0 saturated carbocycles. The summed E-state index contributed by atoms with van der Waals surface area (Å²) in [5.74, 6) is -0.489. The summed E-state index contributed by atoms with van der Waals surface area (Å²) in [6, 6.07) is 5.27. The lowest BCUT2D eigenvalue weighted by Crippen LogP contribution is -2.39. The molecule has 1 aromatic rings. The molecule has 42 heavy (non-hydrogen) atoms. The van der Waals surface area contributed by atoms with Crippen LogP contribution in [0.1, 0.15) is 115 Å². The molecule has 10 nitrogen and oxygen atoms in total. The van der Waals surface area contributed by atoms with Gasteiger partial charge in [-0.1, -0.05) is 38.2 Å². The van der Waals surface area contributed by atoms with Gasteiger partial charge in [0.15, 0.2) is 0 Å². The van der Waals surface area contributed by atoms with Crippen LogP contribution in [0.15, 0.2) is 24.4 Å². The molecular formula is C32H52N5O5. The maximum atomic E-state index is 12.1. The van der Waals surface area contributed by atoms with E-state index < -0.39 is 5.97 Å². The summed E-state index contributed by atoms with van der Waals surface area (Å²) >= 11 is 0. The van der Waals surface area contributed by atoms with Crippen LogP contribution in [-0.2, 0) is 20.9 Å². The Morgan fingerprint density at radius 2 is 1.62 bits per heavy atom. The average molecular weight is 587 g/mol. The van der Waals surface area contributed by atoms with Crippen LogP contribution in [0.3, 0.4) is 0 Å². The lowest BCUT2D eigenvalue weighted by molar-refractivity contribution is -0.137. The van der Waals surface area contributed by atoms with Gasteiger partial charge >= 0.3 is 12.0 Å². The summed E-state index contributed by atoms with van der Waals surface area (Å²) in [4.78, 5) is 52.4. The predicted octanol–water partition coefficient (Wildman–Crippen LogP) is 5.41. The Balaban J connectivity index is 1.85. The van der Waals surface area contributed by atoms with Crippen LogP contribution >= 0.6 is 0 Å². The van der Waals surface area contributed by atoms with Crippen molar-refractivity contribution >= 4 is 23.7 Å². The number of unbranched alkanes of at least 4 members (excludes halogenated alkanes) is 8. The number of rotatable bonds is 26. The number of ketones is 1. The van der Waals surface area contributed by atoms with Crippen LogP contribution in [0, 0.1) is 13.6 Å². The maximum Gasteiger partial charge on any atom is 0.315 e. The summed E-state index contributed by atoms with van der Waals surface area (Å²) in [5.41, 5.74) is 0.958. The van der Waals surface area contributed by atoms with Crippen molar-refractivity contribution in [1.29, 1.82) is 0 Å². The first kappa shape index (κ1) is 37.0. The normalized spacial score (nSPS) is 11.7. The molecule has 4 N–H and O–H groups in total. The highest BCUT2D eigenvalue weighted by Crippen LogP contribution is 2.10. The van der Waals surface area contributed by atoms with E-state index in [0.717, 1.165) is 82.9 Å². The summed E-state index contributed by atoms with van der Waals surface area (Å²) in [6.07, 6.45) is 13.9. The second kappa shape index (κ2) is 24.6. The van der Waals surface area contributed by atoms with Crippen molar-refractivity contribution in [2.75, 3.05) is 13.1 Å². The number of carboxylic acids is 1. The van der Waals surface area contributed by atoms with E-state index in [0.29, 0.717) is 44.6 Å². The van der Waals surface area contributed by atoms with Gasteiger partial charge in [0.05, 0.1) is 12.2 Å². The average Bonchev–Trinajstić information content (AvgIpc) is 2.95. The van der Waals surface area contributed by atoms with E-state index in [2.05, 4.69) is 20.9 Å². The summed E-state index contributed by atoms with van der Waals surface area (Å²) in [5, 5.41) is 17.0. The summed E-state index contributed by atoms with van der Waals surface area (Å²) in [7, 11) is 6.03. The number of hydrogen-bond acceptors (Lipinski definition) is 6. The number of nitrogens with one attached hydrogen (secondary N) is 3. The minimum absolute atomic E-state index is 0.0225. The van der Waals surface area contributed by atoms with E-state index in [1.54, 1.807) is 24.6 Å². The van der Waals surface area contributed by atoms with Gasteiger partial charge in [0, 0.05) is 58.1 Å². The Labute approximate surface area is 252 Å². The molecule has 0 aliphatic carbocycles. The van der Waals surface area contributed by atoms with Gasteiger partial charge in [-0.3, -0.25) is 24.3 Å². The molecule has 0 aromatic carbocycles. The van der Waals surface area contributed by atoms with E-state index in [1.165, 1.54) is 0 Å². The molecule has 3 radical (unpaired) electrons. The minimum atomic E-state index is -0.877. The lowest BCUT2D eigenvalue weighted by Gasteiger charge is -2.15. The second-order valence-corrected chi connectivity index (χ2v) is 10.9. The molecule has 10 heteroatoms. The number of aromatic nitrogens is 1. The monoisotopic (exact) mass is 586 g/mol. The molecule has 1 heterocycles. The largest absolute Gasteiger partial charge is 0.481 e. The molecule has 0 bridgehead atoms. The van der Waals surface area contributed by atoms with Crippen LogP contribution in [0.2, 0.25) is 0 Å². The number of amides is 3. The molecule has 235 valence electrons. The highest BCUT2D eigenvalue weighted by atomic mass is 16.4. The molecule has 0 spiro atoms. The molecule has 1 unspecified atom stereocenters. The van der Waals surface area contributed by atoms with Crippen LogP contribution in [0.4, 0.5) is 4.79 Å². The molecule has 0 aliphatic heterocycles. The van der Waals surface area contributed by atoms with Crippen molar-refractivity contribution in [3.05, 3.63) is 43.7 Å². The van der Waals surface area contributed by atoms with Crippen LogP contribution in [0.25, 0.3) is 0 Å². The quantitative estimate of drug-likeness (QED) is 0.0840. The van der Waals surface area contributed by atoms with Crippen LogP contribution in [0.5, 0.6) is 0 Å². The van der Waals surface area contributed by atoms with Gasteiger partial charge < -0.3 is 21.1 Å². The summed E-state index contributed by atoms with van der Waals surface area (Å²) < 4.78 is 0. The number of aliphatic carboxylic acids is 1. The maximum absolute atomic E-state index is 12.1. The molecule has 1 rings (SSSR count). The van der Waals surface area contributed by atoms with Gasteiger partial charge in [-0.05, 0) is 70.5 Å². The van der Waals surface area contributed by atoms with Gasteiger partial charge in [0.2, 0.25) is 5.91 Å². The first-order valence-corrected chi connectivity index (χ1v) is 15.5. The van der Waals surface area contributed by atoms with Gasteiger partial charge in [0.1, 0.15) is 5.78 Å². The number of Topliss-reactive ketones (excluding diaryl/α,β-unsaturated/α-hetero) is 1. The molecule has 3 amide bonds. The van der Waals surface area contributed by atoms with Crippen molar-refractivity contribution in [3.8, 4) is 0 Å². The molecule has 0 aliphatic rings. The summed E-state index contributed by atoms with van der Waals surface area (Å²) in [6.45, 7) is 5.59. The third-order valence-electron chi connectivity index (χ3n) is 6.85. The standard InChI is InChI=1S/C32H52N5O5/c1-27(20-21-31(40)41)36-32(42)35-24-12-6-5-9-18-29(38)17-8-3-4-10-19-30(39)34-23-13-7-15-25-37(2)26-28-16-11-14-22-33-28/h2,11,14,16,22,24,27H,3-10,12-13,15,17-21,23,25-26H2,1H3,(H,34,39)(H,40,41)(H2,35,36,42). The molecule has 1 atom stereocenters. The van der Waals surface area contributed by atoms with Crippen molar-refractivity contribution in [3.63, 3.8) is 0 Å². The van der Waals surface area contributed by atoms with Gasteiger partial charge in [-0.15, -0.1) is 0 Å². The third kappa shape index (κ3) is 22.7. The minimum Gasteiger partial charge on any atom is -0.481 e. The number of carbonyl (C=O) groups excluding carboxylic acids is 3. The Bertz CT molecular complexity index is 883. The Morgan fingerprint density at radius 1 is 0.929 bits per heavy atom. The highest BCUT2D eigenvalue weighted by Gasteiger charge is 2.09. The fourth-order valence-electron chi connectivity index (χ4n) is 4.39. The third-order valence-corrected chi connectivity index (χ3v) is 6.85. The Kier molecular flexibility index (Phi) is 21.7. The number of pyridine rings is 1. The topological polar surface area (TPSA) is 141 Å². The zero-order valence-electron chi connectivity index (χ0n) is 25.5. The molecular weight excluding hydrogens is 534 g/mol. The van der Waals surface area contributed by atoms with Crippen LogP contribution < -0.4 is 16.0 Å². The van der Waals surface area contributed by atoms with Crippen molar-refractivity contribution < 1.29 is 24.3 Å². The first-order chi connectivity index (χ1) is 20.3. The van der Waals surface area contributed by atoms with Gasteiger partial charge in [-0.2, -0.15) is 0 Å². The number of urea groups is 1. The molecule has 0 saturated heterocycles. The van der Waals surface area contributed by atoms with Crippen molar-refractivity contribution in [1.82, 2.24) is 25.8 Å².